The Morgan fingerprint density at radius 3 is 2.68 bits per heavy atom. The van der Waals surface area contributed by atoms with Crippen LogP contribution in [-0.4, -0.2) is 22.1 Å². The molecule has 2 aromatic heterocycles. The van der Waals surface area contributed by atoms with Gasteiger partial charge in [0.05, 0.1) is 17.6 Å². The van der Waals surface area contributed by atoms with E-state index in [4.69, 9.17) is 16.3 Å². The number of ether oxygens (including phenoxy) is 1. The van der Waals surface area contributed by atoms with Crippen molar-refractivity contribution in [1.82, 2.24) is 9.55 Å². The molecule has 25 heavy (non-hydrogen) atoms. The monoisotopic (exact) mass is 354 g/mol. The molecular weight excluding hydrogens is 340 g/mol. The molecule has 0 unspecified atom stereocenters. The first-order chi connectivity index (χ1) is 12.1. The van der Waals surface area contributed by atoms with Gasteiger partial charge in [-0.1, -0.05) is 29.8 Å². The largest absolute Gasteiger partial charge is 0.465 e. The first-order valence-electron chi connectivity index (χ1n) is 7.98. The van der Waals surface area contributed by atoms with Crippen LogP contribution in [0.1, 0.15) is 6.92 Å². The molecule has 5 nitrogen and oxygen atoms in total. The Balaban J connectivity index is 2.17. The number of nitrogens with zero attached hydrogens (tertiary/aromatic N) is 1. The molecule has 0 aliphatic heterocycles. The molecule has 0 aliphatic rings. The lowest BCUT2D eigenvalue weighted by molar-refractivity contribution is -0.143. The van der Waals surface area contributed by atoms with Crippen LogP contribution in [0.5, 0.6) is 0 Å². The van der Waals surface area contributed by atoms with Crippen LogP contribution in [0.2, 0.25) is 5.02 Å². The van der Waals surface area contributed by atoms with Crippen molar-refractivity contribution in [2.45, 2.75) is 13.5 Å². The number of carbonyl (C=O) groups is 1. The molecule has 1 N–H and O–H groups in total. The van der Waals surface area contributed by atoms with E-state index in [1.54, 1.807) is 25.1 Å². The average molecular weight is 355 g/mol. The standard InChI is InChI=1S/C19H15ClN2O3/c1-2-25-16(23)10-22-18-14-9-11(20)7-8-15(14)21-17(18)12-5-3-4-6-13(12)19(22)24/h3-9,21H,2,10H2,1H3. The van der Waals surface area contributed by atoms with E-state index in [2.05, 4.69) is 4.98 Å². The van der Waals surface area contributed by atoms with Crippen LogP contribution in [-0.2, 0) is 16.1 Å². The molecule has 0 saturated carbocycles. The lowest BCUT2D eigenvalue weighted by atomic mass is 10.1. The Morgan fingerprint density at radius 1 is 1.16 bits per heavy atom. The molecule has 0 fully saturated rings. The lowest BCUT2D eigenvalue weighted by Gasteiger charge is -2.10. The number of rotatable bonds is 3. The summed E-state index contributed by atoms with van der Waals surface area (Å²) < 4.78 is 6.50. The van der Waals surface area contributed by atoms with E-state index < -0.39 is 5.97 Å². The summed E-state index contributed by atoms with van der Waals surface area (Å²) in [5.74, 6) is -0.447. The van der Waals surface area contributed by atoms with Crippen molar-refractivity contribution in [2.24, 2.45) is 0 Å². The first-order valence-corrected chi connectivity index (χ1v) is 8.36. The maximum atomic E-state index is 13.0. The Bertz CT molecular complexity index is 1190. The molecule has 0 aliphatic carbocycles. The quantitative estimate of drug-likeness (QED) is 0.568. The van der Waals surface area contributed by atoms with Crippen LogP contribution in [0, 0.1) is 0 Å². The lowest BCUT2D eigenvalue weighted by Crippen LogP contribution is -2.25. The second-order valence-electron chi connectivity index (χ2n) is 5.78. The van der Waals surface area contributed by atoms with Crippen LogP contribution in [0.4, 0.5) is 0 Å². The Kier molecular flexibility index (Phi) is 3.73. The fourth-order valence-electron chi connectivity index (χ4n) is 3.25. The topological polar surface area (TPSA) is 64.1 Å². The van der Waals surface area contributed by atoms with Crippen molar-refractivity contribution in [3.63, 3.8) is 0 Å². The molecule has 0 radical (unpaired) electrons. The van der Waals surface area contributed by atoms with E-state index in [1.807, 2.05) is 24.3 Å². The fraction of sp³-hybridized carbons (Fsp3) is 0.158. The molecule has 0 spiro atoms. The molecule has 6 heteroatoms. The first kappa shape index (κ1) is 15.7. The molecule has 0 bridgehead atoms. The maximum Gasteiger partial charge on any atom is 0.326 e. The van der Waals surface area contributed by atoms with Gasteiger partial charge in [-0.2, -0.15) is 0 Å². The summed E-state index contributed by atoms with van der Waals surface area (Å²) >= 11 is 6.15. The van der Waals surface area contributed by atoms with Gasteiger partial charge in [0.1, 0.15) is 6.54 Å². The van der Waals surface area contributed by atoms with E-state index in [0.717, 1.165) is 21.8 Å². The number of H-pyrrole nitrogens is 1. The van der Waals surface area contributed by atoms with Crippen molar-refractivity contribution in [1.29, 1.82) is 0 Å². The zero-order valence-corrected chi connectivity index (χ0v) is 14.3. The number of esters is 1. The van der Waals surface area contributed by atoms with Crippen LogP contribution in [0.3, 0.4) is 0 Å². The van der Waals surface area contributed by atoms with E-state index in [1.165, 1.54) is 4.57 Å². The van der Waals surface area contributed by atoms with Gasteiger partial charge in [-0.3, -0.25) is 14.2 Å². The van der Waals surface area contributed by atoms with Crippen molar-refractivity contribution in [3.8, 4) is 0 Å². The third-order valence-corrected chi connectivity index (χ3v) is 4.50. The van der Waals surface area contributed by atoms with Gasteiger partial charge in [0.2, 0.25) is 0 Å². The maximum absolute atomic E-state index is 13.0. The van der Waals surface area contributed by atoms with Gasteiger partial charge in [0.25, 0.3) is 5.56 Å². The Hall–Kier alpha value is -2.79. The number of benzene rings is 2. The van der Waals surface area contributed by atoms with Crippen molar-refractivity contribution < 1.29 is 9.53 Å². The van der Waals surface area contributed by atoms with Crippen LogP contribution >= 0.6 is 11.6 Å². The minimum Gasteiger partial charge on any atom is -0.465 e. The van der Waals surface area contributed by atoms with Crippen molar-refractivity contribution in [2.75, 3.05) is 6.61 Å². The van der Waals surface area contributed by atoms with Crippen LogP contribution in [0.15, 0.2) is 47.3 Å². The summed E-state index contributed by atoms with van der Waals surface area (Å²) in [5, 5.41) is 2.73. The number of pyridine rings is 1. The molecule has 2 aromatic carbocycles. The van der Waals surface area contributed by atoms with Gasteiger partial charge >= 0.3 is 5.97 Å². The fourth-order valence-corrected chi connectivity index (χ4v) is 3.42. The number of carbonyl (C=O) groups excluding carboxylic acids is 1. The van der Waals surface area contributed by atoms with Gasteiger partial charge in [-0.15, -0.1) is 0 Å². The summed E-state index contributed by atoms with van der Waals surface area (Å²) in [6.45, 7) is 1.86. The van der Waals surface area contributed by atoms with E-state index in [0.29, 0.717) is 15.9 Å². The van der Waals surface area contributed by atoms with E-state index in [-0.39, 0.29) is 18.7 Å². The number of hydrogen-bond acceptors (Lipinski definition) is 3. The minimum absolute atomic E-state index is 0.145. The van der Waals surface area contributed by atoms with E-state index in [9.17, 15) is 9.59 Å². The zero-order chi connectivity index (χ0) is 17.6. The molecule has 0 amide bonds. The molecular formula is C19H15ClN2O3. The minimum atomic E-state index is -0.447. The number of halogens is 1. The van der Waals surface area contributed by atoms with Gasteiger partial charge in [0, 0.05) is 26.7 Å². The normalized spacial score (nSPS) is 11.4. The van der Waals surface area contributed by atoms with Crippen molar-refractivity contribution in [3.05, 3.63) is 57.8 Å². The number of nitrogens with one attached hydrogen (secondary N) is 1. The van der Waals surface area contributed by atoms with Gasteiger partial charge in [0.15, 0.2) is 0 Å². The van der Waals surface area contributed by atoms with Gasteiger partial charge in [-0.25, -0.2) is 0 Å². The number of aromatic amines is 1. The third kappa shape index (κ3) is 2.48. The highest BCUT2D eigenvalue weighted by Crippen LogP contribution is 2.31. The summed E-state index contributed by atoms with van der Waals surface area (Å²) in [6, 6.07) is 12.8. The van der Waals surface area contributed by atoms with Crippen molar-refractivity contribution >= 4 is 50.3 Å². The molecule has 2 heterocycles. The summed E-state index contributed by atoms with van der Waals surface area (Å²) in [7, 11) is 0. The number of hydrogen-bond donors (Lipinski definition) is 1. The number of fused-ring (bicyclic) bond motifs is 5. The average Bonchev–Trinajstić information content (AvgIpc) is 2.97. The molecule has 126 valence electrons. The highest BCUT2D eigenvalue weighted by atomic mass is 35.5. The zero-order valence-electron chi connectivity index (χ0n) is 13.5. The summed E-state index contributed by atoms with van der Waals surface area (Å²) in [6.07, 6.45) is 0. The molecule has 0 atom stereocenters. The molecule has 4 aromatic rings. The van der Waals surface area contributed by atoms with Gasteiger partial charge in [-0.05, 0) is 31.2 Å². The second kappa shape index (κ2) is 5.93. The second-order valence-corrected chi connectivity index (χ2v) is 6.22. The van der Waals surface area contributed by atoms with Crippen LogP contribution in [0.25, 0.3) is 32.7 Å². The Labute approximate surface area is 147 Å². The SMILES string of the molecule is CCOC(=O)Cn1c(=O)c2ccccc2c2[nH]c3ccc(Cl)cc3c21. The Morgan fingerprint density at radius 2 is 1.92 bits per heavy atom. The van der Waals surface area contributed by atoms with Gasteiger partial charge < -0.3 is 9.72 Å². The predicted molar refractivity (Wildman–Crippen MR) is 99.2 cm³/mol. The third-order valence-electron chi connectivity index (χ3n) is 4.27. The highest BCUT2D eigenvalue weighted by Gasteiger charge is 2.18. The summed E-state index contributed by atoms with van der Waals surface area (Å²) in [5.41, 5.74) is 2.09. The smallest absolute Gasteiger partial charge is 0.326 e. The number of aromatic nitrogens is 2. The highest BCUT2D eigenvalue weighted by molar-refractivity contribution is 6.32. The molecule has 4 rings (SSSR count). The van der Waals surface area contributed by atoms with E-state index >= 15 is 0 Å². The summed E-state index contributed by atoms with van der Waals surface area (Å²) in [4.78, 5) is 28.4. The van der Waals surface area contributed by atoms with Crippen LogP contribution < -0.4 is 5.56 Å². The molecule has 0 saturated heterocycles. The predicted octanol–water partition coefficient (Wildman–Crippen LogP) is 3.85.